The van der Waals surface area contributed by atoms with Crippen LogP contribution in [0.5, 0.6) is 0 Å². The van der Waals surface area contributed by atoms with E-state index in [-0.39, 0.29) is 44.8 Å². The van der Waals surface area contributed by atoms with Crippen LogP contribution in [0.4, 0.5) is 18.9 Å². The van der Waals surface area contributed by atoms with Crippen molar-refractivity contribution in [2.75, 3.05) is 70.3 Å². The van der Waals surface area contributed by atoms with Crippen LogP contribution in [0.3, 0.4) is 0 Å². The first-order valence-corrected chi connectivity index (χ1v) is 13.6. The first-order valence-electron chi connectivity index (χ1n) is 13.6. The predicted molar refractivity (Wildman–Crippen MR) is 151 cm³/mol. The van der Waals surface area contributed by atoms with Crippen molar-refractivity contribution in [1.82, 2.24) is 20.1 Å². The molecule has 0 fully saturated rings. The number of aromatic nitrogens is 1. The zero-order valence-corrected chi connectivity index (χ0v) is 23.8. The molecule has 1 aromatic carbocycles. The maximum Gasteiger partial charge on any atom is 0.416 e. The minimum Gasteiger partial charge on any atom is -0.377 e. The number of fused-ring (bicyclic) bond motifs is 1. The summed E-state index contributed by atoms with van der Waals surface area (Å²) in [7, 11) is 0. The average molecular weight is 618 g/mol. The number of halogens is 3. The van der Waals surface area contributed by atoms with Gasteiger partial charge in [0.05, 0.1) is 41.9 Å². The van der Waals surface area contributed by atoms with Crippen molar-refractivity contribution in [2.24, 2.45) is 0 Å². The summed E-state index contributed by atoms with van der Waals surface area (Å²) in [6.07, 6.45) is -8.57. The zero-order valence-electron chi connectivity index (χ0n) is 23.8. The van der Waals surface area contributed by atoms with E-state index in [4.69, 9.17) is 15.8 Å². The zero-order chi connectivity index (χ0) is 32.7. The number of benzene rings is 1. The number of nitrogens with zero attached hydrogens (tertiary/aromatic N) is 8. The molecular weight excluding hydrogens is 583 g/mol. The summed E-state index contributed by atoms with van der Waals surface area (Å²) in [5.74, 6) is 0. The van der Waals surface area contributed by atoms with Gasteiger partial charge in [0.15, 0.2) is 24.4 Å². The molecule has 2 rings (SSSR count). The summed E-state index contributed by atoms with van der Waals surface area (Å²) in [4.78, 5) is 9.19. The van der Waals surface area contributed by atoms with Gasteiger partial charge in [0, 0.05) is 76.2 Å². The van der Waals surface area contributed by atoms with Crippen LogP contribution in [0.1, 0.15) is 5.56 Å². The third-order valence-electron chi connectivity index (χ3n) is 6.60. The van der Waals surface area contributed by atoms with E-state index in [1.165, 1.54) is 12.3 Å². The van der Waals surface area contributed by atoms with Gasteiger partial charge in [-0.2, -0.15) is 34.2 Å². The van der Waals surface area contributed by atoms with Crippen LogP contribution < -0.4 is 10.2 Å². The number of nitrogens with one attached hydrogen (secondary N) is 1. The molecule has 0 amide bonds. The van der Waals surface area contributed by atoms with E-state index in [9.17, 15) is 38.9 Å². The molecule has 1 heterocycles. The number of nitriles is 4. The number of pyridine rings is 1. The molecule has 4 unspecified atom stereocenters. The van der Waals surface area contributed by atoms with Gasteiger partial charge in [-0.25, -0.2) is 0 Å². The lowest BCUT2D eigenvalue weighted by Gasteiger charge is -2.32. The van der Waals surface area contributed by atoms with Gasteiger partial charge in [0.2, 0.25) is 0 Å². The Balaban J connectivity index is 2.30. The Kier molecular flexibility index (Phi) is 14.7. The topological polar surface area (TPSA) is 211 Å². The molecule has 2 aromatic rings. The van der Waals surface area contributed by atoms with Crippen LogP contribution in [0, 0.1) is 45.3 Å². The molecule has 0 aliphatic heterocycles. The molecule has 236 valence electrons. The van der Waals surface area contributed by atoms with Gasteiger partial charge in [-0.15, -0.1) is 0 Å². The molecule has 0 radical (unpaired) electrons. The van der Waals surface area contributed by atoms with E-state index in [0.29, 0.717) is 37.3 Å². The fraction of sp³-hybridized carbons (Fsp3) is 0.536. The number of hydrogen-bond donors (Lipinski definition) is 5. The monoisotopic (exact) mass is 617 g/mol. The first-order chi connectivity index (χ1) is 20.9. The molecule has 5 N–H and O–H groups in total. The first kappa shape index (κ1) is 36.1. The standard InChI is InChI=1S/C28H34F3N9O4/c29-28(30,31)20-1-2-25-26(11-20)37-4-3-27(25)40(19-24(44)15-35)10-9-38(6-5-36-16-21(41)12-32)7-8-39(17-22(42)13-33)18-23(43)14-34/h1-4,11,21-24,36,41-44H,5-10,16-19H2. The van der Waals surface area contributed by atoms with E-state index in [1.807, 2.05) is 4.90 Å². The normalized spacial score (nSPS) is 14.3. The van der Waals surface area contributed by atoms with Crippen molar-refractivity contribution in [3.05, 3.63) is 36.0 Å². The molecule has 0 saturated carbocycles. The number of aliphatic hydroxyl groups is 4. The van der Waals surface area contributed by atoms with E-state index in [2.05, 4.69) is 10.3 Å². The Bertz CT molecular complexity index is 1350. The molecule has 16 heteroatoms. The smallest absolute Gasteiger partial charge is 0.377 e. The molecule has 0 spiro atoms. The van der Waals surface area contributed by atoms with Gasteiger partial charge in [-0.05, 0) is 18.2 Å². The highest BCUT2D eigenvalue weighted by molar-refractivity contribution is 5.92. The molecule has 0 aliphatic rings. The minimum absolute atomic E-state index is 0.0165. The van der Waals surface area contributed by atoms with Crippen LogP contribution in [-0.4, -0.2) is 125 Å². The lowest BCUT2D eigenvalue weighted by molar-refractivity contribution is -0.137. The summed E-state index contributed by atoms with van der Waals surface area (Å²) < 4.78 is 39.9. The van der Waals surface area contributed by atoms with Gasteiger partial charge < -0.3 is 30.6 Å². The van der Waals surface area contributed by atoms with Gasteiger partial charge in [-0.3, -0.25) is 14.8 Å². The highest BCUT2D eigenvalue weighted by Gasteiger charge is 2.31. The molecule has 1 aromatic heterocycles. The highest BCUT2D eigenvalue weighted by Crippen LogP contribution is 2.33. The molecule has 0 aliphatic carbocycles. The van der Waals surface area contributed by atoms with Crippen molar-refractivity contribution in [1.29, 1.82) is 21.0 Å². The van der Waals surface area contributed by atoms with E-state index >= 15 is 0 Å². The van der Waals surface area contributed by atoms with E-state index < -0.39 is 36.2 Å². The van der Waals surface area contributed by atoms with Crippen molar-refractivity contribution in [2.45, 2.75) is 30.6 Å². The third-order valence-corrected chi connectivity index (χ3v) is 6.60. The summed E-state index contributed by atoms with van der Waals surface area (Å²) in [6.45, 7) is 1.32. The van der Waals surface area contributed by atoms with Crippen LogP contribution in [-0.2, 0) is 6.18 Å². The van der Waals surface area contributed by atoms with Gasteiger partial charge in [0.1, 0.15) is 0 Å². The largest absolute Gasteiger partial charge is 0.416 e. The Morgan fingerprint density at radius 1 is 0.750 bits per heavy atom. The second-order valence-corrected chi connectivity index (χ2v) is 9.89. The summed E-state index contributed by atoms with van der Waals surface area (Å²) in [5, 5.41) is 78.7. The van der Waals surface area contributed by atoms with Crippen LogP contribution in [0.15, 0.2) is 30.5 Å². The van der Waals surface area contributed by atoms with Gasteiger partial charge in [-0.1, -0.05) is 6.07 Å². The number of anilines is 1. The maximum atomic E-state index is 13.3. The molecule has 0 bridgehead atoms. The molecular formula is C28H34F3N9O4. The fourth-order valence-electron chi connectivity index (χ4n) is 4.37. The second-order valence-electron chi connectivity index (χ2n) is 9.89. The van der Waals surface area contributed by atoms with Crippen LogP contribution in [0.25, 0.3) is 10.9 Å². The number of hydrogen-bond acceptors (Lipinski definition) is 13. The Hall–Kier alpha value is -4.10. The average Bonchev–Trinajstić information content (AvgIpc) is 3.01. The van der Waals surface area contributed by atoms with Crippen molar-refractivity contribution in [3.63, 3.8) is 0 Å². The Labute approximate surface area is 252 Å². The Morgan fingerprint density at radius 3 is 1.91 bits per heavy atom. The molecule has 44 heavy (non-hydrogen) atoms. The minimum atomic E-state index is -4.57. The summed E-state index contributed by atoms with van der Waals surface area (Å²) >= 11 is 0. The van der Waals surface area contributed by atoms with Crippen molar-refractivity contribution < 1.29 is 33.6 Å². The third kappa shape index (κ3) is 11.9. The second kappa shape index (κ2) is 17.9. The highest BCUT2D eigenvalue weighted by atomic mass is 19.4. The maximum absolute atomic E-state index is 13.3. The SMILES string of the molecule is N#CC(O)CNCCN(CCN(CC(O)C#N)CC(O)C#N)CCN(CC(O)C#N)c1ccnc2cc(C(F)(F)F)ccc12. The Morgan fingerprint density at radius 2 is 1.32 bits per heavy atom. The van der Waals surface area contributed by atoms with Crippen LogP contribution in [0.2, 0.25) is 0 Å². The van der Waals surface area contributed by atoms with E-state index in [1.54, 1.807) is 40.1 Å². The number of alkyl halides is 3. The molecule has 4 atom stereocenters. The van der Waals surface area contributed by atoms with Crippen molar-refractivity contribution >= 4 is 16.6 Å². The number of aliphatic hydroxyl groups excluding tert-OH is 4. The summed E-state index contributed by atoms with van der Waals surface area (Å²) in [5.41, 5.74) is -0.344. The lowest BCUT2D eigenvalue weighted by atomic mass is 10.1. The fourth-order valence-corrected chi connectivity index (χ4v) is 4.37. The number of rotatable bonds is 18. The van der Waals surface area contributed by atoms with Gasteiger partial charge >= 0.3 is 6.18 Å². The predicted octanol–water partition coefficient (Wildman–Crippen LogP) is -0.208. The van der Waals surface area contributed by atoms with Crippen LogP contribution >= 0.6 is 0 Å². The van der Waals surface area contributed by atoms with E-state index in [0.717, 1.165) is 12.1 Å². The van der Waals surface area contributed by atoms with Gasteiger partial charge in [0.25, 0.3) is 0 Å². The summed E-state index contributed by atoms with van der Waals surface area (Å²) in [6, 6.07) is 11.5. The molecule has 0 saturated heterocycles. The molecule has 13 nitrogen and oxygen atoms in total. The van der Waals surface area contributed by atoms with Crippen molar-refractivity contribution in [3.8, 4) is 24.3 Å². The quantitative estimate of drug-likeness (QED) is 0.108. The lowest BCUT2D eigenvalue weighted by Crippen LogP contribution is -2.46.